The molecule has 166 valence electrons. The summed E-state index contributed by atoms with van der Waals surface area (Å²) in [6, 6.07) is 5.93. The fraction of sp³-hybridized carbons (Fsp3) is 0.455. The number of benzene rings is 1. The van der Waals surface area contributed by atoms with Gasteiger partial charge in [-0.2, -0.15) is 4.31 Å². The second-order valence-electron chi connectivity index (χ2n) is 8.22. The highest BCUT2D eigenvalue weighted by Gasteiger charge is 2.31. The minimum Gasteiger partial charge on any atom is -0.365 e. The summed E-state index contributed by atoms with van der Waals surface area (Å²) < 4.78 is 27.5. The number of hydrogen-bond donors (Lipinski definition) is 2. The monoisotopic (exact) mass is 461 g/mol. The average Bonchev–Trinajstić information content (AvgIpc) is 3.12. The van der Waals surface area contributed by atoms with Gasteiger partial charge in [0, 0.05) is 23.0 Å². The van der Waals surface area contributed by atoms with Crippen molar-refractivity contribution >= 4 is 38.2 Å². The number of nitrogens with zero attached hydrogens (tertiary/aromatic N) is 1. The quantitative estimate of drug-likeness (QED) is 0.710. The lowest BCUT2D eigenvalue weighted by Crippen LogP contribution is -2.41. The number of piperidine rings is 1. The van der Waals surface area contributed by atoms with Gasteiger partial charge in [-0.05, 0) is 75.3 Å². The smallest absolute Gasteiger partial charge is 0.256 e. The molecule has 31 heavy (non-hydrogen) atoms. The molecule has 3 N–H and O–H groups in total. The Labute approximate surface area is 186 Å². The topological polar surface area (TPSA) is 110 Å². The molecule has 1 aromatic carbocycles. The molecule has 2 aliphatic rings. The molecule has 1 aromatic heterocycles. The number of nitrogens with two attached hydrogens (primary N) is 1. The van der Waals surface area contributed by atoms with E-state index in [4.69, 9.17) is 5.73 Å². The molecule has 2 aromatic rings. The standard InChI is InChI=1S/C22H27N3O4S2/c1-14-6-4-5-13-25(14)31(28,29)16-11-9-15(10-12-16)21(27)24-22-19(20(23)26)17-7-2-3-8-18(17)30-22/h9-12,14H,2-8,13H2,1H3,(H2,23,26)(H,24,27). The highest BCUT2D eigenvalue weighted by Crippen LogP contribution is 2.38. The molecule has 9 heteroatoms. The zero-order valence-corrected chi connectivity index (χ0v) is 19.2. The lowest BCUT2D eigenvalue weighted by molar-refractivity contribution is 0.100. The number of sulfonamides is 1. The first-order valence-electron chi connectivity index (χ1n) is 10.7. The molecule has 0 saturated carbocycles. The van der Waals surface area contributed by atoms with Crippen molar-refractivity contribution in [2.45, 2.75) is 62.8 Å². The summed E-state index contributed by atoms with van der Waals surface area (Å²) in [5, 5.41) is 3.29. The molecule has 2 amide bonds. The van der Waals surface area contributed by atoms with E-state index in [0.29, 0.717) is 22.7 Å². The Kier molecular flexibility index (Phi) is 6.18. The Bertz CT molecular complexity index is 1110. The fourth-order valence-electron chi connectivity index (χ4n) is 4.43. The Morgan fingerprint density at radius 2 is 1.81 bits per heavy atom. The van der Waals surface area contributed by atoms with E-state index in [-0.39, 0.29) is 10.9 Å². The van der Waals surface area contributed by atoms with Crippen molar-refractivity contribution in [3.05, 3.63) is 45.8 Å². The van der Waals surface area contributed by atoms with Crippen molar-refractivity contribution in [2.75, 3.05) is 11.9 Å². The Balaban J connectivity index is 1.54. The molecule has 1 fully saturated rings. The zero-order chi connectivity index (χ0) is 22.2. The third-order valence-electron chi connectivity index (χ3n) is 6.11. The van der Waals surface area contributed by atoms with Gasteiger partial charge in [0.15, 0.2) is 0 Å². The van der Waals surface area contributed by atoms with E-state index in [1.54, 1.807) is 4.31 Å². The summed E-state index contributed by atoms with van der Waals surface area (Å²) in [6.45, 7) is 2.44. The molecule has 4 rings (SSSR count). The first-order valence-corrected chi connectivity index (χ1v) is 12.9. The SMILES string of the molecule is CC1CCCCN1S(=O)(=O)c1ccc(C(=O)Nc2sc3c(c2C(N)=O)CCCC3)cc1. The summed E-state index contributed by atoms with van der Waals surface area (Å²) in [6.07, 6.45) is 6.49. The lowest BCUT2D eigenvalue weighted by Gasteiger charge is -2.32. The van der Waals surface area contributed by atoms with Gasteiger partial charge in [0.1, 0.15) is 5.00 Å². The van der Waals surface area contributed by atoms with Gasteiger partial charge in [0.25, 0.3) is 11.8 Å². The molecule has 0 bridgehead atoms. The van der Waals surface area contributed by atoms with E-state index >= 15 is 0 Å². The lowest BCUT2D eigenvalue weighted by atomic mass is 9.95. The van der Waals surface area contributed by atoms with Crippen LogP contribution in [0.2, 0.25) is 0 Å². The number of rotatable bonds is 5. The van der Waals surface area contributed by atoms with Crippen molar-refractivity contribution in [1.82, 2.24) is 4.31 Å². The highest BCUT2D eigenvalue weighted by molar-refractivity contribution is 7.89. The van der Waals surface area contributed by atoms with Crippen LogP contribution < -0.4 is 11.1 Å². The number of thiophene rings is 1. The predicted molar refractivity (Wildman–Crippen MR) is 121 cm³/mol. The second kappa shape index (κ2) is 8.72. The third-order valence-corrected chi connectivity index (χ3v) is 9.34. The molecule has 0 radical (unpaired) electrons. The van der Waals surface area contributed by atoms with Gasteiger partial charge in [-0.25, -0.2) is 8.42 Å². The number of hydrogen-bond acceptors (Lipinski definition) is 5. The van der Waals surface area contributed by atoms with Gasteiger partial charge in [0.05, 0.1) is 10.5 Å². The van der Waals surface area contributed by atoms with Crippen LogP contribution in [0.3, 0.4) is 0 Å². The van der Waals surface area contributed by atoms with E-state index in [1.165, 1.54) is 35.6 Å². The molecular weight excluding hydrogens is 434 g/mol. The number of carbonyl (C=O) groups is 2. The minimum absolute atomic E-state index is 0.0289. The molecule has 1 atom stereocenters. The number of anilines is 1. The van der Waals surface area contributed by atoms with Crippen LogP contribution in [0.15, 0.2) is 29.2 Å². The predicted octanol–water partition coefficient (Wildman–Crippen LogP) is 3.54. The van der Waals surface area contributed by atoms with Crippen molar-refractivity contribution in [2.24, 2.45) is 5.73 Å². The third kappa shape index (κ3) is 4.26. The molecule has 1 aliphatic carbocycles. The van der Waals surface area contributed by atoms with Crippen LogP contribution in [-0.2, 0) is 22.9 Å². The Morgan fingerprint density at radius 3 is 2.48 bits per heavy atom. The summed E-state index contributed by atoms with van der Waals surface area (Å²) in [4.78, 5) is 26.1. The Morgan fingerprint density at radius 1 is 1.10 bits per heavy atom. The first-order chi connectivity index (χ1) is 14.8. The number of nitrogens with one attached hydrogen (secondary N) is 1. The van der Waals surface area contributed by atoms with E-state index in [0.717, 1.165) is 55.4 Å². The van der Waals surface area contributed by atoms with Crippen LogP contribution in [0.1, 0.15) is 70.2 Å². The van der Waals surface area contributed by atoms with Gasteiger partial charge in [-0.1, -0.05) is 6.42 Å². The largest absolute Gasteiger partial charge is 0.365 e. The van der Waals surface area contributed by atoms with E-state index in [1.807, 2.05) is 6.92 Å². The van der Waals surface area contributed by atoms with Crippen molar-refractivity contribution in [3.8, 4) is 0 Å². The maximum atomic E-state index is 13.0. The summed E-state index contributed by atoms with van der Waals surface area (Å²) in [5.41, 5.74) is 7.28. The Hall–Kier alpha value is -2.23. The molecule has 1 aliphatic heterocycles. The minimum atomic E-state index is -3.59. The maximum Gasteiger partial charge on any atom is 0.256 e. The van der Waals surface area contributed by atoms with Gasteiger partial charge < -0.3 is 11.1 Å². The fourth-order valence-corrected chi connectivity index (χ4v) is 7.42. The summed E-state index contributed by atoms with van der Waals surface area (Å²) in [7, 11) is -3.59. The summed E-state index contributed by atoms with van der Waals surface area (Å²) >= 11 is 1.40. The van der Waals surface area contributed by atoms with Gasteiger partial charge >= 0.3 is 0 Å². The van der Waals surface area contributed by atoms with Gasteiger partial charge in [0.2, 0.25) is 10.0 Å². The molecule has 1 unspecified atom stereocenters. The first kappa shape index (κ1) is 22.0. The van der Waals surface area contributed by atoms with Crippen LogP contribution >= 0.6 is 11.3 Å². The second-order valence-corrected chi connectivity index (χ2v) is 11.2. The highest BCUT2D eigenvalue weighted by atomic mass is 32.2. The molecule has 7 nitrogen and oxygen atoms in total. The van der Waals surface area contributed by atoms with Crippen LogP contribution in [0.4, 0.5) is 5.00 Å². The zero-order valence-electron chi connectivity index (χ0n) is 17.5. The van der Waals surface area contributed by atoms with Crippen LogP contribution in [-0.4, -0.2) is 37.1 Å². The van der Waals surface area contributed by atoms with Gasteiger partial charge in [-0.3, -0.25) is 9.59 Å². The number of amides is 2. The van der Waals surface area contributed by atoms with Crippen molar-refractivity contribution in [1.29, 1.82) is 0 Å². The van der Waals surface area contributed by atoms with Crippen molar-refractivity contribution in [3.63, 3.8) is 0 Å². The van der Waals surface area contributed by atoms with E-state index in [9.17, 15) is 18.0 Å². The van der Waals surface area contributed by atoms with E-state index < -0.39 is 21.8 Å². The summed E-state index contributed by atoms with van der Waals surface area (Å²) in [5.74, 6) is -0.928. The molecule has 1 saturated heterocycles. The number of carbonyl (C=O) groups excluding carboxylic acids is 2. The molecule has 0 spiro atoms. The van der Waals surface area contributed by atoms with Crippen LogP contribution in [0.25, 0.3) is 0 Å². The van der Waals surface area contributed by atoms with Crippen LogP contribution in [0, 0.1) is 0 Å². The molecule has 2 heterocycles. The van der Waals surface area contributed by atoms with Crippen LogP contribution in [0.5, 0.6) is 0 Å². The van der Waals surface area contributed by atoms with Crippen molar-refractivity contribution < 1.29 is 18.0 Å². The normalized spacial score (nSPS) is 19.6. The van der Waals surface area contributed by atoms with Gasteiger partial charge in [-0.15, -0.1) is 11.3 Å². The number of fused-ring (bicyclic) bond motifs is 1. The molecular formula is C22H27N3O4S2. The average molecular weight is 462 g/mol. The van der Waals surface area contributed by atoms with E-state index in [2.05, 4.69) is 5.32 Å². The number of primary amides is 1. The maximum absolute atomic E-state index is 13.0. The number of aryl methyl sites for hydroxylation is 1.